The Kier molecular flexibility index (Phi) is 8.25. The summed E-state index contributed by atoms with van der Waals surface area (Å²) in [6.45, 7) is 4.69. The van der Waals surface area contributed by atoms with Crippen molar-refractivity contribution in [2.45, 2.75) is 39.3 Å². The van der Waals surface area contributed by atoms with Crippen LogP contribution in [0.25, 0.3) is 34.1 Å². The number of aryl methyl sites for hydroxylation is 1. The minimum Gasteiger partial charge on any atom is -0.497 e. The zero-order chi connectivity index (χ0) is 30.6. The van der Waals surface area contributed by atoms with Gasteiger partial charge in [-0.1, -0.05) is 26.0 Å². The fourth-order valence-corrected chi connectivity index (χ4v) is 5.70. The van der Waals surface area contributed by atoms with Crippen LogP contribution in [0.1, 0.15) is 43.0 Å². The van der Waals surface area contributed by atoms with Gasteiger partial charge in [-0.2, -0.15) is 5.10 Å². The number of pyridine rings is 2. The molecular formula is C34H36N8O2. The third-order valence-corrected chi connectivity index (χ3v) is 7.80. The SMILES string of the molecule is CC.COc1ccc(CNC2CCc3cc(-n4c(-c5cccnc5N)nc5ccc(-n6cccn6)nc54)ccc32)c(OC)c1. The van der Waals surface area contributed by atoms with Crippen molar-refractivity contribution in [3.63, 3.8) is 0 Å². The van der Waals surface area contributed by atoms with Crippen LogP contribution in [-0.2, 0) is 13.0 Å². The maximum Gasteiger partial charge on any atom is 0.167 e. The molecule has 7 rings (SSSR count). The number of anilines is 1. The number of imidazole rings is 1. The smallest absolute Gasteiger partial charge is 0.167 e. The highest BCUT2D eigenvalue weighted by Crippen LogP contribution is 2.36. The Bertz CT molecular complexity index is 1900. The Morgan fingerprint density at radius 3 is 2.61 bits per heavy atom. The summed E-state index contributed by atoms with van der Waals surface area (Å²) in [5.74, 6) is 3.41. The molecule has 0 bridgehead atoms. The molecule has 4 heterocycles. The minimum absolute atomic E-state index is 0.235. The number of ether oxygens (including phenoxy) is 2. The molecule has 1 aliphatic carbocycles. The van der Waals surface area contributed by atoms with Gasteiger partial charge >= 0.3 is 0 Å². The van der Waals surface area contributed by atoms with Crippen molar-refractivity contribution in [3.05, 3.63) is 102 Å². The Morgan fingerprint density at radius 1 is 0.955 bits per heavy atom. The molecule has 0 fully saturated rings. The lowest BCUT2D eigenvalue weighted by atomic mass is 10.1. The topological polar surface area (TPSA) is 118 Å². The van der Waals surface area contributed by atoms with E-state index in [0.717, 1.165) is 52.3 Å². The summed E-state index contributed by atoms with van der Waals surface area (Å²) in [4.78, 5) is 14.3. The van der Waals surface area contributed by atoms with Gasteiger partial charge in [-0.25, -0.2) is 19.6 Å². The van der Waals surface area contributed by atoms with E-state index < -0.39 is 0 Å². The number of methoxy groups -OCH3 is 2. The fourth-order valence-electron chi connectivity index (χ4n) is 5.70. The van der Waals surface area contributed by atoms with Gasteiger partial charge < -0.3 is 20.5 Å². The molecule has 10 heteroatoms. The van der Waals surface area contributed by atoms with Gasteiger partial charge in [-0.3, -0.25) is 4.57 Å². The first-order valence-corrected chi connectivity index (χ1v) is 14.8. The van der Waals surface area contributed by atoms with E-state index in [1.165, 1.54) is 11.1 Å². The van der Waals surface area contributed by atoms with Gasteiger partial charge in [-0.15, -0.1) is 0 Å². The number of fused-ring (bicyclic) bond motifs is 2. The molecule has 1 atom stereocenters. The van der Waals surface area contributed by atoms with E-state index in [-0.39, 0.29) is 6.04 Å². The van der Waals surface area contributed by atoms with Gasteiger partial charge in [0.15, 0.2) is 17.3 Å². The van der Waals surface area contributed by atoms with E-state index >= 15 is 0 Å². The molecule has 224 valence electrons. The van der Waals surface area contributed by atoms with Gasteiger partial charge in [0.1, 0.15) is 22.8 Å². The standard InChI is InChI=1S/C32H30N8O2.C2H6/c1-41-23-9-6-21(28(18-23)42-2)19-35-26-11-7-20-17-22(8-10-24(20)26)40-31(25-5-3-14-34-30(25)33)37-27-12-13-29(38-32(27)40)39-16-4-15-36-39;1-2/h3-6,8-10,12-18,26,35H,7,11,19H2,1-2H3,(H2,33,34);1-2H3. The third kappa shape index (κ3) is 5.35. The molecule has 0 spiro atoms. The molecule has 1 unspecified atom stereocenters. The number of rotatable bonds is 8. The Morgan fingerprint density at radius 2 is 1.84 bits per heavy atom. The van der Waals surface area contributed by atoms with Crippen LogP contribution in [0, 0.1) is 0 Å². The molecular weight excluding hydrogens is 552 g/mol. The summed E-state index contributed by atoms with van der Waals surface area (Å²) in [6.07, 6.45) is 7.26. The molecule has 0 aliphatic heterocycles. The molecule has 4 aromatic heterocycles. The van der Waals surface area contributed by atoms with Crippen molar-refractivity contribution < 1.29 is 9.47 Å². The van der Waals surface area contributed by atoms with Crippen LogP contribution in [0.3, 0.4) is 0 Å². The van der Waals surface area contributed by atoms with Crippen LogP contribution in [0.15, 0.2) is 85.3 Å². The highest BCUT2D eigenvalue weighted by molar-refractivity contribution is 5.83. The van der Waals surface area contributed by atoms with Crippen molar-refractivity contribution >= 4 is 17.0 Å². The first-order valence-electron chi connectivity index (χ1n) is 14.8. The zero-order valence-corrected chi connectivity index (χ0v) is 25.4. The number of nitrogens with zero attached hydrogens (tertiary/aromatic N) is 6. The lowest BCUT2D eigenvalue weighted by Gasteiger charge is -2.17. The Balaban J connectivity index is 0.00000168. The Hall–Kier alpha value is -5.22. The molecule has 6 aromatic rings. The third-order valence-electron chi connectivity index (χ3n) is 7.80. The lowest BCUT2D eigenvalue weighted by Crippen LogP contribution is -2.19. The van der Waals surface area contributed by atoms with Gasteiger partial charge in [0.25, 0.3) is 0 Å². The minimum atomic E-state index is 0.235. The van der Waals surface area contributed by atoms with E-state index in [9.17, 15) is 0 Å². The molecule has 1 aliphatic rings. The number of nitrogen functional groups attached to an aromatic ring is 1. The van der Waals surface area contributed by atoms with E-state index in [4.69, 9.17) is 25.2 Å². The summed E-state index contributed by atoms with van der Waals surface area (Å²) < 4.78 is 14.8. The highest BCUT2D eigenvalue weighted by atomic mass is 16.5. The molecule has 10 nitrogen and oxygen atoms in total. The summed E-state index contributed by atoms with van der Waals surface area (Å²) >= 11 is 0. The number of nitrogens with two attached hydrogens (primary N) is 1. The average Bonchev–Trinajstić information content (AvgIpc) is 3.83. The molecule has 44 heavy (non-hydrogen) atoms. The van der Waals surface area contributed by atoms with Crippen LogP contribution in [0.2, 0.25) is 0 Å². The normalized spacial score (nSPS) is 13.8. The second-order valence-electron chi connectivity index (χ2n) is 10.2. The van der Waals surface area contributed by atoms with Crippen LogP contribution in [0.4, 0.5) is 5.82 Å². The molecule has 0 saturated heterocycles. The second kappa shape index (κ2) is 12.6. The summed E-state index contributed by atoms with van der Waals surface area (Å²) in [5.41, 5.74) is 13.2. The van der Waals surface area contributed by atoms with Crippen molar-refractivity contribution in [1.82, 2.24) is 34.6 Å². The van der Waals surface area contributed by atoms with Crippen molar-refractivity contribution in [3.8, 4) is 34.4 Å². The molecule has 0 amide bonds. The van der Waals surface area contributed by atoms with E-state index in [0.29, 0.717) is 24.0 Å². The monoisotopic (exact) mass is 588 g/mol. The van der Waals surface area contributed by atoms with Crippen LogP contribution >= 0.6 is 0 Å². The predicted molar refractivity (Wildman–Crippen MR) is 172 cm³/mol. The van der Waals surface area contributed by atoms with Gasteiger partial charge in [0, 0.05) is 48.5 Å². The van der Waals surface area contributed by atoms with Gasteiger partial charge in [0.05, 0.1) is 19.8 Å². The summed E-state index contributed by atoms with van der Waals surface area (Å²) in [6, 6.07) is 22.3. The number of benzene rings is 2. The number of hydrogen-bond donors (Lipinski definition) is 2. The predicted octanol–water partition coefficient (Wildman–Crippen LogP) is 6.07. The number of aromatic nitrogens is 6. The number of nitrogens with one attached hydrogen (secondary N) is 1. The van der Waals surface area contributed by atoms with Crippen molar-refractivity contribution in [2.75, 3.05) is 20.0 Å². The average molecular weight is 589 g/mol. The molecule has 3 N–H and O–H groups in total. The molecule has 2 aromatic carbocycles. The number of hydrogen-bond acceptors (Lipinski definition) is 8. The maximum absolute atomic E-state index is 6.33. The van der Waals surface area contributed by atoms with E-state index in [2.05, 4.69) is 38.2 Å². The fraction of sp³-hybridized carbons (Fsp3) is 0.235. The lowest BCUT2D eigenvalue weighted by molar-refractivity contribution is 0.388. The van der Waals surface area contributed by atoms with Crippen LogP contribution in [-0.4, -0.2) is 43.5 Å². The van der Waals surface area contributed by atoms with Crippen LogP contribution in [0.5, 0.6) is 11.5 Å². The molecule has 0 radical (unpaired) electrons. The maximum atomic E-state index is 6.33. The first-order chi connectivity index (χ1) is 21.6. The largest absolute Gasteiger partial charge is 0.497 e. The first kappa shape index (κ1) is 28.9. The van der Waals surface area contributed by atoms with Gasteiger partial charge in [-0.05, 0) is 72.5 Å². The summed E-state index contributed by atoms with van der Waals surface area (Å²) in [7, 11) is 3.34. The summed E-state index contributed by atoms with van der Waals surface area (Å²) in [5, 5.41) is 8.09. The highest BCUT2D eigenvalue weighted by Gasteiger charge is 2.25. The van der Waals surface area contributed by atoms with Crippen molar-refractivity contribution in [2.24, 2.45) is 0 Å². The zero-order valence-electron chi connectivity index (χ0n) is 25.4. The quantitative estimate of drug-likeness (QED) is 0.220. The molecule has 0 saturated carbocycles. The van der Waals surface area contributed by atoms with Gasteiger partial charge in [0.2, 0.25) is 0 Å². The Labute approximate surface area is 256 Å². The van der Waals surface area contributed by atoms with Crippen LogP contribution < -0.4 is 20.5 Å². The van der Waals surface area contributed by atoms with Crippen molar-refractivity contribution in [1.29, 1.82) is 0 Å². The second-order valence-corrected chi connectivity index (χ2v) is 10.2. The van der Waals surface area contributed by atoms with E-state index in [1.807, 2.05) is 68.6 Å². The van der Waals surface area contributed by atoms with E-state index in [1.54, 1.807) is 31.3 Å².